The van der Waals surface area contributed by atoms with Gasteiger partial charge in [0, 0.05) is 0 Å². The third kappa shape index (κ3) is 2.06. The molecule has 1 aliphatic rings. The van der Waals surface area contributed by atoms with E-state index in [2.05, 4.69) is 19.2 Å². The summed E-state index contributed by atoms with van der Waals surface area (Å²) in [6.45, 7) is 6.83. The summed E-state index contributed by atoms with van der Waals surface area (Å²) in [5.74, 6) is 1.73. The number of nitrogens with zero attached hydrogens (tertiary/aromatic N) is 1. The Kier molecular flexibility index (Phi) is 3.48. The second-order valence-corrected chi connectivity index (χ2v) is 3.28. The first kappa shape index (κ1) is 8.96. The predicted octanol–water partition coefficient (Wildman–Crippen LogP) is 2.43. The molecule has 0 aromatic rings. The van der Waals surface area contributed by atoms with Gasteiger partial charge in [-0.25, -0.2) is 0 Å². The van der Waals surface area contributed by atoms with Crippen molar-refractivity contribution in [2.24, 2.45) is 11.8 Å². The molecule has 0 aliphatic carbocycles. The molecule has 0 amide bonds. The van der Waals surface area contributed by atoms with Crippen molar-refractivity contribution in [3.63, 3.8) is 0 Å². The second kappa shape index (κ2) is 3.89. The van der Waals surface area contributed by atoms with Gasteiger partial charge in [0.2, 0.25) is 0 Å². The first-order valence-corrected chi connectivity index (χ1v) is 3.94. The first-order chi connectivity index (χ1) is 4.30. The van der Waals surface area contributed by atoms with E-state index in [1.807, 2.05) is 0 Å². The molecule has 1 nitrogen and oxygen atoms in total. The molecule has 0 bridgehead atoms. The summed E-state index contributed by atoms with van der Waals surface area (Å²) in [6, 6.07) is 0. The Labute approximate surface area is 57.8 Å². The Morgan fingerprint density at radius 2 is 2.10 bits per heavy atom. The normalized spacial score (nSPS) is 26.1. The maximum Gasteiger partial charge on any atom is 0 e. The summed E-state index contributed by atoms with van der Waals surface area (Å²) in [7, 11) is 0. The van der Waals surface area contributed by atoms with Gasteiger partial charge in [0.05, 0.1) is 0 Å². The molecule has 10 heavy (non-hydrogen) atoms. The zero-order valence-electron chi connectivity index (χ0n) is 6.73. The van der Waals surface area contributed by atoms with Crippen LogP contribution in [0.4, 0.5) is 0 Å². The summed E-state index contributed by atoms with van der Waals surface area (Å²) in [5.41, 5.74) is 0. The summed E-state index contributed by atoms with van der Waals surface area (Å²) >= 11 is 0. The minimum Gasteiger partial charge on any atom is -0.662 e. The second-order valence-electron chi connectivity index (χ2n) is 3.28. The van der Waals surface area contributed by atoms with Gasteiger partial charge in [-0.3, -0.25) is 0 Å². The van der Waals surface area contributed by atoms with E-state index in [1.165, 1.54) is 12.8 Å². The summed E-state index contributed by atoms with van der Waals surface area (Å²) < 4.78 is 0. The molecule has 0 aromatic carbocycles. The summed E-state index contributed by atoms with van der Waals surface area (Å²) in [5, 5.41) is 4.38. The van der Waals surface area contributed by atoms with Crippen LogP contribution in [0.1, 0.15) is 26.7 Å². The van der Waals surface area contributed by atoms with E-state index < -0.39 is 0 Å². The van der Waals surface area contributed by atoms with Gasteiger partial charge in [-0.05, 0) is 5.92 Å². The first-order valence-electron chi connectivity index (χ1n) is 3.94. The van der Waals surface area contributed by atoms with Gasteiger partial charge in [0.25, 0.3) is 0 Å². The minimum absolute atomic E-state index is 0. The Morgan fingerprint density at radius 3 is 2.40 bits per heavy atom. The molecule has 1 atom stereocenters. The van der Waals surface area contributed by atoms with E-state index >= 15 is 0 Å². The third-order valence-corrected chi connectivity index (χ3v) is 2.20. The van der Waals surface area contributed by atoms with Gasteiger partial charge in [-0.2, -0.15) is 0 Å². The summed E-state index contributed by atoms with van der Waals surface area (Å²) in [6.07, 6.45) is 2.73. The molecule has 0 saturated carbocycles. The van der Waals surface area contributed by atoms with Crippen LogP contribution in [-0.4, -0.2) is 13.1 Å². The molecule has 1 unspecified atom stereocenters. The maximum atomic E-state index is 4.38. The van der Waals surface area contributed by atoms with Gasteiger partial charge >= 0.3 is 0 Å². The standard InChI is InChI=1S/C8H16N.Es/c1-7(2)8-4-3-5-9-6-8;/h7-8H,3-6H2,1-2H3;/q-1;. The molecule has 0 spiro atoms. The van der Waals surface area contributed by atoms with E-state index in [0.717, 1.165) is 24.9 Å². The van der Waals surface area contributed by atoms with Crippen LogP contribution in [-0.2, 0) is 0 Å². The zero-order chi connectivity index (χ0) is 6.69. The zero-order valence-corrected chi connectivity index (χ0v) is 9.24. The Hall–Kier alpha value is -1.04. The van der Waals surface area contributed by atoms with Crippen LogP contribution in [0.3, 0.4) is 0 Å². The predicted molar refractivity (Wildman–Crippen MR) is 40.7 cm³/mol. The fourth-order valence-electron chi connectivity index (χ4n) is 1.36. The molecular weight excluding hydrogens is 362 g/mol. The van der Waals surface area contributed by atoms with Crippen molar-refractivity contribution in [1.82, 2.24) is 0 Å². The molecule has 0 N–H and O–H groups in total. The molecule has 1 rings (SSSR count). The van der Waals surface area contributed by atoms with Crippen LogP contribution in [0.15, 0.2) is 0 Å². The van der Waals surface area contributed by atoms with Crippen molar-refractivity contribution < 1.29 is 0 Å². The van der Waals surface area contributed by atoms with Gasteiger partial charge in [-0.15, -0.1) is 13.1 Å². The van der Waals surface area contributed by atoms with Crippen molar-refractivity contribution in [2.75, 3.05) is 13.1 Å². The fraction of sp³-hybridized carbons (Fsp3) is 1.00. The topological polar surface area (TPSA) is 14.1 Å². The minimum atomic E-state index is 0. The molecule has 1 radical (unpaired) electrons. The molecule has 0 aromatic heterocycles. The van der Waals surface area contributed by atoms with Crippen LogP contribution in [0, 0.1) is 11.8 Å². The molecule has 1 heterocycles. The van der Waals surface area contributed by atoms with Crippen LogP contribution in [0.25, 0.3) is 5.32 Å². The van der Waals surface area contributed by atoms with Crippen molar-refractivity contribution in [3.05, 3.63) is 5.32 Å². The monoisotopic (exact) mass is 378 g/mol. The van der Waals surface area contributed by atoms with Gasteiger partial charge < -0.3 is 5.32 Å². The van der Waals surface area contributed by atoms with Crippen LogP contribution in [0.2, 0.25) is 0 Å². The van der Waals surface area contributed by atoms with Crippen molar-refractivity contribution in [3.8, 4) is 0 Å². The molecule has 2 heteroatoms. The van der Waals surface area contributed by atoms with E-state index in [9.17, 15) is 0 Å². The molecule has 1 aliphatic heterocycles. The van der Waals surface area contributed by atoms with Gasteiger partial charge in [0.15, 0.2) is 0 Å². The van der Waals surface area contributed by atoms with Crippen molar-refractivity contribution >= 4 is 0 Å². The van der Waals surface area contributed by atoms with Crippen LogP contribution in [0.5, 0.6) is 0 Å². The molecule has 1 fully saturated rings. The van der Waals surface area contributed by atoms with Gasteiger partial charge in [-0.1, -0.05) is 32.6 Å². The van der Waals surface area contributed by atoms with E-state index in [0.29, 0.717) is 0 Å². The average molecular weight is 378 g/mol. The van der Waals surface area contributed by atoms with Crippen molar-refractivity contribution in [1.29, 1.82) is 0 Å². The number of piperidine rings is 1. The quantitative estimate of drug-likeness (QED) is 0.666. The Balaban J connectivity index is 0.000000810. The smallest absolute Gasteiger partial charge is 0 e. The van der Waals surface area contributed by atoms with E-state index in [-0.39, 0.29) is 0 Å². The molecule has 1 saturated heterocycles. The summed E-state index contributed by atoms with van der Waals surface area (Å²) in [4.78, 5) is 0. The third-order valence-electron chi connectivity index (χ3n) is 2.20. The average Bonchev–Trinajstić information content (AvgIpc) is 1.90. The number of hydrogen-bond acceptors (Lipinski definition) is 0. The van der Waals surface area contributed by atoms with E-state index in [1.54, 1.807) is 0 Å². The Bertz CT molecular complexity index is 77.3. The molecular formula is C8H16EsN-. The maximum absolute atomic E-state index is 4.38. The number of rotatable bonds is 1. The van der Waals surface area contributed by atoms with Crippen molar-refractivity contribution in [2.45, 2.75) is 26.7 Å². The number of hydrogen-bond donors (Lipinski definition) is 0. The van der Waals surface area contributed by atoms with E-state index in [4.69, 9.17) is 0 Å². The largest absolute Gasteiger partial charge is 0.662 e. The van der Waals surface area contributed by atoms with Crippen LogP contribution >= 0.6 is 0 Å². The van der Waals surface area contributed by atoms with Gasteiger partial charge in [0.1, 0.15) is 0 Å². The molecule has 65 valence electrons. The fourth-order valence-corrected chi connectivity index (χ4v) is 1.36. The SMILES string of the molecule is CC(C)C1CCC[N-]C1.[Es]. The Morgan fingerprint density at radius 1 is 1.40 bits per heavy atom. The van der Waals surface area contributed by atoms with Crippen LogP contribution < -0.4 is 0 Å².